The van der Waals surface area contributed by atoms with Crippen molar-refractivity contribution in [1.29, 1.82) is 0 Å². The lowest BCUT2D eigenvalue weighted by Crippen LogP contribution is -2.23. The number of ether oxygens (including phenoxy) is 1. The fourth-order valence-electron chi connectivity index (χ4n) is 1.48. The third-order valence-electron chi connectivity index (χ3n) is 2.30. The molecule has 18 heavy (non-hydrogen) atoms. The Hall–Kier alpha value is -0.790. The van der Waals surface area contributed by atoms with Gasteiger partial charge in [-0.1, -0.05) is 0 Å². The number of carbonyl (C=O) groups is 2. The van der Waals surface area contributed by atoms with Crippen LogP contribution in [-0.4, -0.2) is 24.7 Å². The Balaban J connectivity index is 2.13. The van der Waals surface area contributed by atoms with Gasteiger partial charge in [0.2, 0.25) is 0 Å². The van der Waals surface area contributed by atoms with Crippen molar-refractivity contribution in [3.8, 4) is 0 Å². The molecule has 1 amide bonds. The smallest absolute Gasteiger partial charge is 0.346 e. The van der Waals surface area contributed by atoms with Crippen LogP contribution in [0, 0.1) is 0 Å². The molecule has 0 bridgehead atoms. The standard InChI is InChI=1S/C11H10BrNO3S2/c1-16-11(15)9-6(4-5-17-9)13-10(14)7-2-3-8(12)18-7/h2-3H,4-5H2,1H3,(H,13,14). The largest absolute Gasteiger partial charge is 0.465 e. The molecule has 0 radical (unpaired) electrons. The molecule has 1 aliphatic heterocycles. The van der Waals surface area contributed by atoms with Gasteiger partial charge >= 0.3 is 5.97 Å². The maximum absolute atomic E-state index is 12.0. The van der Waals surface area contributed by atoms with Crippen molar-refractivity contribution in [2.24, 2.45) is 0 Å². The minimum Gasteiger partial charge on any atom is -0.465 e. The summed E-state index contributed by atoms with van der Waals surface area (Å²) in [5.41, 5.74) is 0.654. The summed E-state index contributed by atoms with van der Waals surface area (Å²) in [5.74, 6) is 0.207. The van der Waals surface area contributed by atoms with E-state index in [1.54, 1.807) is 6.07 Å². The van der Waals surface area contributed by atoms with Crippen LogP contribution in [0.25, 0.3) is 0 Å². The van der Waals surface area contributed by atoms with E-state index in [0.717, 1.165) is 9.54 Å². The molecule has 2 heterocycles. The van der Waals surface area contributed by atoms with Crippen LogP contribution in [-0.2, 0) is 9.53 Å². The van der Waals surface area contributed by atoms with Gasteiger partial charge in [0.25, 0.3) is 5.91 Å². The second-order valence-corrected chi connectivity index (χ2v) is 7.02. The van der Waals surface area contributed by atoms with Gasteiger partial charge in [-0.2, -0.15) is 0 Å². The number of halogens is 1. The fourth-order valence-corrected chi connectivity index (χ4v) is 3.80. The third-order valence-corrected chi connectivity index (χ3v) is 5.04. The summed E-state index contributed by atoms with van der Waals surface area (Å²) < 4.78 is 5.58. The van der Waals surface area contributed by atoms with Crippen molar-refractivity contribution < 1.29 is 14.3 Å². The van der Waals surface area contributed by atoms with E-state index in [1.165, 1.54) is 30.2 Å². The monoisotopic (exact) mass is 347 g/mol. The lowest BCUT2D eigenvalue weighted by Gasteiger charge is -2.06. The van der Waals surface area contributed by atoms with Crippen molar-refractivity contribution in [3.05, 3.63) is 31.4 Å². The average molecular weight is 348 g/mol. The third kappa shape index (κ3) is 2.96. The second-order valence-electron chi connectivity index (χ2n) is 3.46. The fraction of sp³-hybridized carbons (Fsp3) is 0.273. The van der Waals surface area contributed by atoms with Crippen molar-refractivity contribution in [2.45, 2.75) is 6.42 Å². The number of hydrogen-bond donors (Lipinski definition) is 1. The molecule has 0 aliphatic carbocycles. The summed E-state index contributed by atoms with van der Waals surface area (Å²) in [4.78, 5) is 24.6. The highest BCUT2D eigenvalue weighted by molar-refractivity contribution is 9.11. The summed E-state index contributed by atoms with van der Waals surface area (Å²) in [6.07, 6.45) is 0.674. The SMILES string of the molecule is COC(=O)C1=C(NC(=O)c2ccc(Br)s2)CCS1. The van der Waals surface area contributed by atoms with Crippen LogP contribution < -0.4 is 5.32 Å². The lowest BCUT2D eigenvalue weighted by molar-refractivity contribution is -0.135. The molecule has 1 aliphatic rings. The molecule has 96 valence electrons. The lowest BCUT2D eigenvalue weighted by atomic mass is 10.3. The van der Waals surface area contributed by atoms with Gasteiger partial charge in [0, 0.05) is 11.4 Å². The molecule has 1 aromatic heterocycles. The van der Waals surface area contributed by atoms with Gasteiger partial charge in [0.1, 0.15) is 4.91 Å². The first-order valence-corrected chi connectivity index (χ1v) is 7.72. The molecule has 1 N–H and O–H groups in total. The van der Waals surface area contributed by atoms with Crippen molar-refractivity contribution in [2.75, 3.05) is 12.9 Å². The van der Waals surface area contributed by atoms with Crippen LogP contribution in [0.4, 0.5) is 0 Å². The van der Waals surface area contributed by atoms with Crippen molar-refractivity contribution >= 4 is 50.9 Å². The first kappa shape index (κ1) is 13.6. The Morgan fingerprint density at radius 1 is 1.44 bits per heavy atom. The summed E-state index contributed by atoms with van der Waals surface area (Å²) in [6, 6.07) is 3.56. The van der Waals surface area contributed by atoms with Crippen LogP contribution in [0.15, 0.2) is 26.5 Å². The maximum atomic E-state index is 12.0. The number of nitrogens with one attached hydrogen (secondary N) is 1. The Labute approximate surface area is 121 Å². The second kappa shape index (κ2) is 5.90. The molecule has 0 atom stereocenters. The molecule has 0 fully saturated rings. The Morgan fingerprint density at radius 3 is 2.83 bits per heavy atom. The summed E-state index contributed by atoms with van der Waals surface area (Å²) in [7, 11) is 1.34. The molecule has 7 heteroatoms. The van der Waals surface area contributed by atoms with Gasteiger partial charge in [-0.3, -0.25) is 4.79 Å². The van der Waals surface area contributed by atoms with Gasteiger partial charge in [0.15, 0.2) is 0 Å². The number of amides is 1. The van der Waals surface area contributed by atoms with Gasteiger partial charge in [-0.25, -0.2) is 4.79 Å². The van der Waals surface area contributed by atoms with Crippen LogP contribution in [0.5, 0.6) is 0 Å². The Morgan fingerprint density at radius 2 is 2.22 bits per heavy atom. The number of allylic oxidation sites excluding steroid dienone is 1. The maximum Gasteiger partial charge on any atom is 0.346 e. The minimum absolute atomic E-state index is 0.190. The highest BCUT2D eigenvalue weighted by Crippen LogP contribution is 2.31. The van der Waals surface area contributed by atoms with Crippen LogP contribution in [0.1, 0.15) is 16.1 Å². The number of methoxy groups -OCH3 is 1. The van der Waals surface area contributed by atoms with Gasteiger partial charge in [-0.05, 0) is 34.5 Å². The van der Waals surface area contributed by atoms with Crippen molar-refractivity contribution in [3.63, 3.8) is 0 Å². The van der Waals surface area contributed by atoms with Gasteiger partial charge in [0.05, 0.1) is 15.8 Å². The number of rotatable bonds is 3. The molecule has 0 spiro atoms. The summed E-state index contributed by atoms with van der Waals surface area (Å²) in [5, 5.41) is 2.78. The summed E-state index contributed by atoms with van der Waals surface area (Å²) in [6.45, 7) is 0. The van der Waals surface area contributed by atoms with Crippen LogP contribution in [0.3, 0.4) is 0 Å². The number of esters is 1. The van der Waals surface area contributed by atoms with Crippen molar-refractivity contribution in [1.82, 2.24) is 5.32 Å². The zero-order chi connectivity index (χ0) is 13.1. The van der Waals surface area contributed by atoms with E-state index in [1.807, 2.05) is 6.07 Å². The van der Waals surface area contributed by atoms with Crippen LogP contribution in [0.2, 0.25) is 0 Å². The quantitative estimate of drug-likeness (QED) is 0.854. The predicted molar refractivity (Wildman–Crippen MR) is 75.6 cm³/mol. The van der Waals surface area contributed by atoms with Gasteiger partial charge in [-0.15, -0.1) is 23.1 Å². The number of thioether (sulfide) groups is 1. The van der Waals surface area contributed by atoms with E-state index in [4.69, 9.17) is 0 Å². The van der Waals surface area contributed by atoms with Crippen LogP contribution >= 0.6 is 39.0 Å². The zero-order valence-corrected chi connectivity index (χ0v) is 12.7. The molecule has 1 aromatic rings. The number of thiophene rings is 1. The molecule has 0 aromatic carbocycles. The topological polar surface area (TPSA) is 55.4 Å². The number of hydrogen-bond acceptors (Lipinski definition) is 5. The molecular weight excluding hydrogens is 338 g/mol. The Bertz CT molecular complexity index is 524. The summed E-state index contributed by atoms with van der Waals surface area (Å²) >= 11 is 6.07. The normalized spacial score (nSPS) is 14.8. The van der Waals surface area contributed by atoms with Gasteiger partial charge < -0.3 is 10.1 Å². The van der Waals surface area contributed by atoms with E-state index in [2.05, 4.69) is 26.0 Å². The van der Waals surface area contributed by atoms with E-state index in [-0.39, 0.29) is 11.9 Å². The predicted octanol–water partition coefficient (Wildman–Crippen LogP) is 2.76. The molecule has 2 rings (SSSR count). The van der Waals surface area contributed by atoms with E-state index < -0.39 is 0 Å². The van der Waals surface area contributed by atoms with E-state index in [9.17, 15) is 9.59 Å². The first-order chi connectivity index (χ1) is 8.61. The highest BCUT2D eigenvalue weighted by Gasteiger charge is 2.24. The molecular formula is C11H10BrNO3S2. The molecule has 0 unspecified atom stereocenters. The molecule has 0 saturated carbocycles. The zero-order valence-electron chi connectivity index (χ0n) is 9.49. The average Bonchev–Trinajstić information content (AvgIpc) is 2.97. The molecule has 0 saturated heterocycles. The highest BCUT2D eigenvalue weighted by atomic mass is 79.9. The number of carbonyl (C=O) groups excluding carboxylic acids is 2. The Kier molecular flexibility index (Phi) is 4.47. The van der Waals surface area contributed by atoms with E-state index >= 15 is 0 Å². The van der Waals surface area contributed by atoms with E-state index in [0.29, 0.717) is 21.9 Å². The first-order valence-electron chi connectivity index (χ1n) is 5.12. The minimum atomic E-state index is -0.389. The molecule has 4 nitrogen and oxygen atoms in total.